The molecule has 5 fully saturated rings. The van der Waals surface area contributed by atoms with Crippen molar-refractivity contribution in [2.24, 2.45) is 23.7 Å². The third-order valence-electron chi connectivity index (χ3n) is 8.97. The summed E-state index contributed by atoms with van der Waals surface area (Å²) in [6.07, 6.45) is 6.30. The normalized spacial score (nSPS) is 35.0. The molecule has 176 valence electrons. The summed E-state index contributed by atoms with van der Waals surface area (Å²) in [7, 11) is 0. The van der Waals surface area contributed by atoms with Gasteiger partial charge in [-0.1, -0.05) is 49.4 Å². The van der Waals surface area contributed by atoms with Crippen LogP contribution < -0.4 is 4.74 Å². The van der Waals surface area contributed by atoms with Crippen molar-refractivity contribution in [3.8, 4) is 11.5 Å². The van der Waals surface area contributed by atoms with Gasteiger partial charge in [-0.25, -0.2) is 9.78 Å². The van der Waals surface area contributed by atoms with Crippen molar-refractivity contribution >= 4 is 10.8 Å². The maximum absolute atomic E-state index is 6.56. The molecule has 0 amide bonds. The SMILES string of the molecule is C[C@H](c1ccc(Oc2ccc3ccccc3c2)cc1)C1COC2(OO1)C1CC3CC(C1)CC2C3. The number of benzene rings is 3. The van der Waals surface area contributed by atoms with E-state index in [2.05, 4.69) is 49.4 Å². The molecule has 1 aliphatic heterocycles. The van der Waals surface area contributed by atoms with Crippen molar-refractivity contribution in [2.75, 3.05) is 6.61 Å². The van der Waals surface area contributed by atoms with Crippen LogP contribution in [0.3, 0.4) is 0 Å². The van der Waals surface area contributed by atoms with E-state index >= 15 is 0 Å². The quantitative estimate of drug-likeness (QED) is 0.388. The van der Waals surface area contributed by atoms with Crippen molar-refractivity contribution in [1.29, 1.82) is 0 Å². The molecule has 1 spiro atoms. The second-order valence-electron chi connectivity index (χ2n) is 11.0. The van der Waals surface area contributed by atoms with Crippen molar-refractivity contribution in [3.63, 3.8) is 0 Å². The molecule has 4 nitrogen and oxygen atoms in total. The van der Waals surface area contributed by atoms with Crippen LogP contribution in [0.15, 0.2) is 66.7 Å². The smallest absolute Gasteiger partial charge is 0.207 e. The second-order valence-corrected chi connectivity index (χ2v) is 11.0. The number of hydrogen-bond donors (Lipinski definition) is 0. The van der Waals surface area contributed by atoms with Crippen LogP contribution >= 0.6 is 0 Å². The second kappa shape index (κ2) is 8.08. The van der Waals surface area contributed by atoms with Gasteiger partial charge in [0.2, 0.25) is 5.79 Å². The van der Waals surface area contributed by atoms with Crippen molar-refractivity contribution in [2.45, 2.75) is 56.8 Å². The van der Waals surface area contributed by atoms with Crippen LogP contribution in [-0.4, -0.2) is 18.5 Å². The number of hydrogen-bond acceptors (Lipinski definition) is 4. The Hall–Kier alpha value is -2.40. The zero-order chi connectivity index (χ0) is 22.7. The van der Waals surface area contributed by atoms with Crippen molar-refractivity contribution in [3.05, 3.63) is 72.3 Å². The minimum Gasteiger partial charge on any atom is -0.457 e. The highest BCUT2D eigenvalue weighted by Gasteiger charge is 2.61. The summed E-state index contributed by atoms with van der Waals surface area (Å²) < 4.78 is 12.7. The molecule has 4 aliphatic carbocycles. The van der Waals surface area contributed by atoms with Gasteiger partial charge < -0.3 is 9.47 Å². The van der Waals surface area contributed by atoms with E-state index < -0.39 is 5.79 Å². The summed E-state index contributed by atoms with van der Waals surface area (Å²) in [5.74, 6) is 4.14. The number of fused-ring (bicyclic) bond motifs is 1. The first-order chi connectivity index (χ1) is 16.7. The Bertz CT molecular complexity index is 1150. The van der Waals surface area contributed by atoms with E-state index in [1.54, 1.807) is 0 Å². The molecule has 0 N–H and O–H groups in total. The molecule has 8 rings (SSSR count). The fourth-order valence-corrected chi connectivity index (χ4v) is 7.26. The average Bonchev–Trinajstić information content (AvgIpc) is 2.87. The molecule has 4 bridgehead atoms. The summed E-state index contributed by atoms with van der Waals surface area (Å²) in [5, 5.41) is 2.39. The van der Waals surface area contributed by atoms with Crippen molar-refractivity contribution < 1.29 is 19.2 Å². The van der Waals surface area contributed by atoms with Crippen LogP contribution in [0.25, 0.3) is 10.8 Å². The van der Waals surface area contributed by atoms with Crippen LogP contribution in [0.1, 0.15) is 50.5 Å². The minimum absolute atomic E-state index is 0.102. The zero-order valence-electron chi connectivity index (χ0n) is 19.7. The lowest BCUT2D eigenvalue weighted by atomic mass is 9.53. The topological polar surface area (TPSA) is 36.9 Å². The van der Waals surface area contributed by atoms with E-state index in [0.717, 1.165) is 23.3 Å². The van der Waals surface area contributed by atoms with Gasteiger partial charge in [0.05, 0.1) is 6.61 Å². The van der Waals surface area contributed by atoms with Gasteiger partial charge in [-0.3, -0.25) is 0 Å². The lowest BCUT2D eigenvalue weighted by Gasteiger charge is -2.60. The number of rotatable bonds is 4. The molecule has 3 aromatic rings. The van der Waals surface area contributed by atoms with Gasteiger partial charge in [0.25, 0.3) is 0 Å². The van der Waals surface area contributed by atoms with E-state index in [4.69, 9.17) is 19.2 Å². The third kappa shape index (κ3) is 3.46. The van der Waals surface area contributed by atoms with E-state index in [0.29, 0.717) is 18.4 Å². The monoisotopic (exact) mass is 456 g/mol. The van der Waals surface area contributed by atoms with Gasteiger partial charge in [-0.2, -0.15) is 0 Å². The average molecular weight is 457 g/mol. The van der Waals surface area contributed by atoms with Crippen LogP contribution in [0.4, 0.5) is 0 Å². The number of ether oxygens (including phenoxy) is 2. The van der Waals surface area contributed by atoms with Gasteiger partial charge in [-0.15, -0.1) is 0 Å². The zero-order valence-corrected chi connectivity index (χ0v) is 19.7. The standard InChI is InChI=1S/C30H32O4/c1-19(29-18-31-30(34-33-29)25-13-20-12-21(15-25)16-26(30)14-20)22-6-9-27(10-7-22)32-28-11-8-23-4-2-3-5-24(23)17-28/h2-11,17,19-21,25-26,29H,12-16,18H2,1H3/t19-,20?,21?,25?,26?,29?,30?/m1/s1. The van der Waals surface area contributed by atoms with Crippen LogP contribution in [0.2, 0.25) is 0 Å². The lowest BCUT2D eigenvalue weighted by molar-refractivity contribution is -0.526. The molecule has 4 saturated carbocycles. The Kier molecular flexibility index (Phi) is 4.97. The highest BCUT2D eigenvalue weighted by atomic mass is 17.2. The molecule has 0 aromatic heterocycles. The van der Waals surface area contributed by atoms with Gasteiger partial charge >= 0.3 is 0 Å². The Labute approximate surface area is 201 Å². The molecule has 5 aliphatic rings. The highest BCUT2D eigenvalue weighted by Crippen LogP contribution is 2.61. The van der Waals surface area contributed by atoms with Crippen molar-refractivity contribution in [1.82, 2.24) is 0 Å². The fourth-order valence-electron chi connectivity index (χ4n) is 7.26. The molecule has 4 heteroatoms. The largest absolute Gasteiger partial charge is 0.457 e. The van der Waals surface area contributed by atoms with Crippen LogP contribution in [0, 0.1) is 23.7 Å². The molecule has 1 heterocycles. The molecular weight excluding hydrogens is 424 g/mol. The molecule has 2 atom stereocenters. The van der Waals surface area contributed by atoms with Crippen LogP contribution in [0.5, 0.6) is 11.5 Å². The van der Waals surface area contributed by atoms with Gasteiger partial charge in [0.1, 0.15) is 17.6 Å². The Morgan fingerprint density at radius 2 is 1.47 bits per heavy atom. The van der Waals surface area contributed by atoms with Gasteiger partial charge in [0, 0.05) is 17.8 Å². The Morgan fingerprint density at radius 1 is 0.794 bits per heavy atom. The minimum atomic E-state index is -0.485. The van der Waals surface area contributed by atoms with E-state index in [1.165, 1.54) is 48.4 Å². The predicted octanol–water partition coefficient (Wildman–Crippen LogP) is 7.24. The molecule has 0 radical (unpaired) electrons. The molecule has 1 unspecified atom stereocenters. The lowest BCUT2D eigenvalue weighted by Crippen LogP contribution is -2.63. The summed E-state index contributed by atoms with van der Waals surface area (Å²) >= 11 is 0. The predicted molar refractivity (Wildman–Crippen MR) is 131 cm³/mol. The van der Waals surface area contributed by atoms with E-state index in [1.807, 2.05) is 24.3 Å². The molecule has 34 heavy (non-hydrogen) atoms. The maximum atomic E-state index is 6.56. The maximum Gasteiger partial charge on any atom is 0.207 e. The summed E-state index contributed by atoms with van der Waals surface area (Å²) in [6, 6.07) is 22.8. The molecule has 1 saturated heterocycles. The van der Waals surface area contributed by atoms with Gasteiger partial charge in [-0.05, 0) is 84.5 Å². The first kappa shape index (κ1) is 20.9. The first-order valence-corrected chi connectivity index (χ1v) is 12.9. The van der Waals surface area contributed by atoms with Crippen LogP contribution in [-0.2, 0) is 14.5 Å². The highest BCUT2D eigenvalue weighted by molar-refractivity contribution is 5.83. The van der Waals surface area contributed by atoms with E-state index in [-0.39, 0.29) is 12.0 Å². The first-order valence-electron chi connectivity index (χ1n) is 12.9. The molecule has 3 aromatic carbocycles. The summed E-state index contributed by atoms with van der Waals surface area (Å²) in [6.45, 7) is 2.78. The fraction of sp³-hybridized carbons (Fsp3) is 0.467. The summed E-state index contributed by atoms with van der Waals surface area (Å²) in [4.78, 5) is 12.3. The Morgan fingerprint density at radius 3 is 2.15 bits per heavy atom. The summed E-state index contributed by atoms with van der Waals surface area (Å²) in [5.41, 5.74) is 1.20. The van der Waals surface area contributed by atoms with Gasteiger partial charge in [0.15, 0.2) is 0 Å². The Balaban J connectivity index is 1.01. The molecular formula is C30H32O4. The third-order valence-corrected chi connectivity index (χ3v) is 8.97. The van der Waals surface area contributed by atoms with E-state index in [9.17, 15) is 0 Å².